The molecule has 2 aromatic rings. The normalized spacial score (nSPS) is 17.7. The molecule has 0 spiro atoms. The molecular weight excluding hydrogens is 361 g/mol. The lowest BCUT2D eigenvalue weighted by Crippen LogP contribution is -2.20. The summed E-state index contributed by atoms with van der Waals surface area (Å²) in [6.07, 6.45) is 0.712. The number of nitrogens with zero attached hydrogens (tertiary/aromatic N) is 3. The van der Waals surface area contributed by atoms with Crippen LogP contribution in [0.15, 0.2) is 24.3 Å². The number of anilines is 2. The number of hydrogen-bond acceptors (Lipinski definition) is 6. The highest BCUT2D eigenvalue weighted by atomic mass is 19.1. The molecule has 1 aromatic heterocycles. The molecule has 28 heavy (non-hydrogen) atoms. The number of nitrogens with one attached hydrogen (secondary N) is 1. The van der Waals surface area contributed by atoms with Crippen molar-refractivity contribution in [3.8, 4) is 5.75 Å². The van der Waals surface area contributed by atoms with Crippen molar-refractivity contribution in [1.82, 2.24) is 9.78 Å². The largest absolute Gasteiger partial charge is 0.488 e. The van der Waals surface area contributed by atoms with Crippen molar-refractivity contribution in [2.45, 2.75) is 19.4 Å². The van der Waals surface area contributed by atoms with Crippen LogP contribution in [0, 0.1) is 11.3 Å². The molecule has 1 aliphatic rings. The van der Waals surface area contributed by atoms with Crippen LogP contribution in [-0.2, 0) is 11.8 Å². The highest BCUT2D eigenvalue weighted by molar-refractivity contribution is 6.13. The van der Waals surface area contributed by atoms with Crippen LogP contribution in [-0.4, -0.2) is 55.1 Å². The average molecular weight is 389 g/mol. The number of rotatable bonds is 8. The Balaban J connectivity index is 1.82. The minimum atomic E-state index is -0.309. The molecule has 3 N–H and O–H groups in total. The van der Waals surface area contributed by atoms with Gasteiger partial charge in [0.15, 0.2) is 5.82 Å². The topological polar surface area (TPSA) is 89.4 Å². The molecule has 1 aromatic carbocycles. The molecule has 0 bridgehead atoms. The van der Waals surface area contributed by atoms with Crippen molar-refractivity contribution in [3.05, 3.63) is 35.5 Å². The molecule has 0 amide bonds. The Bertz CT molecular complexity index is 838. The summed E-state index contributed by atoms with van der Waals surface area (Å²) in [6.45, 7) is 3.51. The van der Waals surface area contributed by atoms with E-state index in [-0.39, 0.29) is 24.4 Å². The Hall–Kier alpha value is -2.61. The van der Waals surface area contributed by atoms with Crippen molar-refractivity contribution in [1.29, 1.82) is 5.41 Å². The van der Waals surface area contributed by atoms with E-state index in [1.165, 1.54) is 0 Å². The quantitative estimate of drug-likeness (QED) is 0.535. The summed E-state index contributed by atoms with van der Waals surface area (Å²) in [5.74, 6) is 1.45. The van der Waals surface area contributed by atoms with E-state index in [1.807, 2.05) is 13.0 Å². The fourth-order valence-electron chi connectivity index (χ4n) is 3.47. The van der Waals surface area contributed by atoms with E-state index >= 15 is 0 Å². The molecule has 2 heterocycles. The number of hydrogen-bond donors (Lipinski definition) is 2. The van der Waals surface area contributed by atoms with Gasteiger partial charge >= 0.3 is 0 Å². The van der Waals surface area contributed by atoms with Gasteiger partial charge in [0.1, 0.15) is 11.9 Å². The lowest BCUT2D eigenvalue weighted by molar-refractivity contribution is 0.0921. The van der Waals surface area contributed by atoms with Crippen LogP contribution in [0.3, 0.4) is 0 Å². The second-order valence-corrected chi connectivity index (χ2v) is 7.27. The van der Waals surface area contributed by atoms with E-state index in [9.17, 15) is 4.39 Å². The fraction of sp³-hybridized carbons (Fsp3) is 0.500. The number of nitrogen functional groups attached to an aromatic ring is 1. The van der Waals surface area contributed by atoms with Crippen molar-refractivity contribution in [2.24, 2.45) is 13.0 Å². The zero-order valence-corrected chi connectivity index (χ0v) is 16.6. The van der Waals surface area contributed by atoms with Crippen molar-refractivity contribution >= 4 is 17.2 Å². The molecule has 152 valence electrons. The minimum absolute atomic E-state index is 0.0588. The molecule has 3 rings (SSSR count). The van der Waals surface area contributed by atoms with Gasteiger partial charge in [-0.3, -0.25) is 14.5 Å². The van der Waals surface area contributed by atoms with Crippen LogP contribution >= 0.6 is 0 Å². The van der Waals surface area contributed by atoms with Gasteiger partial charge in [0.2, 0.25) is 0 Å². The molecule has 1 fully saturated rings. The van der Waals surface area contributed by atoms with Crippen LogP contribution < -0.4 is 15.4 Å². The second kappa shape index (κ2) is 8.60. The lowest BCUT2D eigenvalue weighted by atomic mass is 10.0. The van der Waals surface area contributed by atoms with E-state index in [1.54, 1.807) is 37.0 Å². The number of alkyl halides is 1. The van der Waals surface area contributed by atoms with Gasteiger partial charge in [0, 0.05) is 50.5 Å². The first kappa shape index (κ1) is 20.1. The molecule has 1 saturated heterocycles. The zero-order valence-electron chi connectivity index (χ0n) is 16.6. The summed E-state index contributed by atoms with van der Waals surface area (Å²) in [5.41, 5.74) is 8.13. The summed E-state index contributed by atoms with van der Waals surface area (Å²) in [7, 11) is 3.42. The first-order chi connectivity index (χ1) is 13.4. The SMILES string of the molecule is COC[C@H](C)Oc1ccc(N)c(C(=N)c2cc(N3CC[C@@H](CF)C3)nn2C)c1. The number of benzene rings is 1. The first-order valence-corrected chi connectivity index (χ1v) is 9.42. The summed E-state index contributed by atoms with van der Waals surface area (Å²) < 4.78 is 25.5. The van der Waals surface area contributed by atoms with Crippen LogP contribution in [0.5, 0.6) is 5.75 Å². The fourth-order valence-corrected chi connectivity index (χ4v) is 3.47. The highest BCUT2D eigenvalue weighted by Gasteiger charge is 2.25. The molecule has 0 radical (unpaired) electrons. The first-order valence-electron chi connectivity index (χ1n) is 9.42. The zero-order chi connectivity index (χ0) is 20.3. The van der Waals surface area contributed by atoms with Gasteiger partial charge in [-0.2, -0.15) is 5.10 Å². The van der Waals surface area contributed by atoms with Gasteiger partial charge in [-0.15, -0.1) is 0 Å². The predicted octanol–water partition coefficient (Wildman–Crippen LogP) is 2.63. The third-order valence-corrected chi connectivity index (χ3v) is 4.98. The Morgan fingerprint density at radius 3 is 2.89 bits per heavy atom. The predicted molar refractivity (Wildman–Crippen MR) is 108 cm³/mol. The Morgan fingerprint density at radius 2 is 2.21 bits per heavy atom. The molecule has 0 unspecified atom stereocenters. The number of methoxy groups -OCH3 is 1. The lowest BCUT2D eigenvalue weighted by Gasteiger charge is -2.16. The molecule has 1 aliphatic heterocycles. The smallest absolute Gasteiger partial charge is 0.151 e. The number of aromatic nitrogens is 2. The van der Waals surface area contributed by atoms with Crippen LogP contribution in [0.1, 0.15) is 24.6 Å². The molecule has 0 aliphatic carbocycles. The second-order valence-electron chi connectivity index (χ2n) is 7.27. The summed E-state index contributed by atoms with van der Waals surface area (Å²) in [4.78, 5) is 2.07. The summed E-state index contributed by atoms with van der Waals surface area (Å²) in [6, 6.07) is 7.16. The van der Waals surface area contributed by atoms with E-state index in [0.29, 0.717) is 35.8 Å². The van der Waals surface area contributed by atoms with E-state index in [4.69, 9.17) is 20.6 Å². The minimum Gasteiger partial charge on any atom is -0.488 e. The average Bonchev–Trinajstić information content (AvgIpc) is 3.29. The van der Waals surface area contributed by atoms with Gasteiger partial charge in [0.05, 0.1) is 24.7 Å². The van der Waals surface area contributed by atoms with E-state index in [2.05, 4.69) is 10.00 Å². The molecular formula is C20H28FN5O2. The number of ether oxygens (including phenoxy) is 2. The van der Waals surface area contributed by atoms with Crippen molar-refractivity contribution in [3.63, 3.8) is 0 Å². The number of nitrogens with two attached hydrogens (primary N) is 1. The standard InChI is InChI=1S/C20H28FN5O2/c1-13(12-27-3)28-15-4-5-17(22)16(8-15)20(23)18-9-19(24-25(18)2)26-7-6-14(10-21)11-26/h4-5,8-9,13-14,23H,6-7,10-12,22H2,1-3H3/t13-,14-/m0/s1. The van der Waals surface area contributed by atoms with Gasteiger partial charge < -0.3 is 20.1 Å². The Morgan fingerprint density at radius 1 is 1.43 bits per heavy atom. The molecule has 0 saturated carbocycles. The van der Waals surface area contributed by atoms with Crippen LogP contribution in [0.2, 0.25) is 0 Å². The Labute approximate surface area is 164 Å². The maximum Gasteiger partial charge on any atom is 0.151 e. The molecule has 8 heteroatoms. The summed E-state index contributed by atoms with van der Waals surface area (Å²) >= 11 is 0. The van der Waals surface area contributed by atoms with Crippen molar-refractivity contribution < 1.29 is 13.9 Å². The monoisotopic (exact) mass is 389 g/mol. The molecule has 2 atom stereocenters. The Kier molecular flexibility index (Phi) is 6.18. The maximum absolute atomic E-state index is 12.9. The summed E-state index contributed by atoms with van der Waals surface area (Å²) in [5, 5.41) is 13.2. The number of halogens is 1. The van der Waals surface area contributed by atoms with Crippen molar-refractivity contribution in [2.75, 3.05) is 44.1 Å². The van der Waals surface area contributed by atoms with E-state index in [0.717, 1.165) is 18.8 Å². The maximum atomic E-state index is 12.9. The van der Waals surface area contributed by atoms with Gasteiger partial charge in [-0.25, -0.2) is 0 Å². The third-order valence-electron chi connectivity index (χ3n) is 4.98. The highest BCUT2D eigenvalue weighted by Crippen LogP contribution is 2.27. The van der Waals surface area contributed by atoms with Gasteiger partial charge in [-0.05, 0) is 31.5 Å². The van der Waals surface area contributed by atoms with Gasteiger partial charge in [-0.1, -0.05) is 0 Å². The third kappa shape index (κ3) is 4.27. The van der Waals surface area contributed by atoms with Crippen LogP contribution in [0.4, 0.5) is 15.9 Å². The number of aryl methyl sites for hydroxylation is 1. The van der Waals surface area contributed by atoms with E-state index < -0.39 is 0 Å². The molecule has 7 nitrogen and oxygen atoms in total. The van der Waals surface area contributed by atoms with Crippen LogP contribution in [0.25, 0.3) is 0 Å². The van der Waals surface area contributed by atoms with Gasteiger partial charge in [0.25, 0.3) is 0 Å².